The molecule has 3 N–H and O–H groups in total. The van der Waals surface area contributed by atoms with E-state index in [9.17, 15) is 10.2 Å². The van der Waals surface area contributed by atoms with Crippen LogP contribution in [-0.2, 0) is 6.42 Å². The quantitative estimate of drug-likeness (QED) is 0.785. The van der Waals surface area contributed by atoms with Gasteiger partial charge in [-0.25, -0.2) is 0 Å². The van der Waals surface area contributed by atoms with Crippen molar-refractivity contribution in [3.8, 4) is 5.75 Å². The minimum absolute atomic E-state index is 0. The first-order valence-electron chi connectivity index (χ1n) is 5.95. The van der Waals surface area contributed by atoms with Gasteiger partial charge in [-0.05, 0) is 30.0 Å². The highest BCUT2D eigenvalue weighted by atomic mass is 35.5. The van der Waals surface area contributed by atoms with E-state index in [1.165, 1.54) is 0 Å². The Morgan fingerprint density at radius 2 is 2.06 bits per heavy atom. The summed E-state index contributed by atoms with van der Waals surface area (Å²) in [7, 11) is 0. The maximum absolute atomic E-state index is 10.3. The van der Waals surface area contributed by atoms with Crippen molar-refractivity contribution in [3.05, 3.63) is 28.3 Å². The van der Waals surface area contributed by atoms with Gasteiger partial charge in [-0.15, -0.1) is 12.4 Å². The lowest BCUT2D eigenvalue weighted by Gasteiger charge is -2.32. The second-order valence-corrected chi connectivity index (χ2v) is 5.26. The number of benzene rings is 1. The Labute approximate surface area is 119 Å². The van der Waals surface area contributed by atoms with Crippen molar-refractivity contribution in [1.82, 2.24) is 5.32 Å². The van der Waals surface area contributed by atoms with Gasteiger partial charge in [-0.1, -0.05) is 31.5 Å². The first-order chi connectivity index (χ1) is 8.00. The molecule has 5 heteroatoms. The number of hydrogen-bond donors (Lipinski definition) is 3. The number of hydrogen-bond acceptors (Lipinski definition) is 3. The molecule has 1 aromatic rings. The fourth-order valence-corrected chi connectivity index (χ4v) is 2.70. The normalized spacial score (nSPS) is 22.5. The molecule has 2 rings (SSSR count). The zero-order chi connectivity index (χ0) is 12.6. The summed E-state index contributed by atoms with van der Waals surface area (Å²) in [5, 5.41) is 23.6. The van der Waals surface area contributed by atoms with Crippen LogP contribution in [-0.4, -0.2) is 22.3 Å². The minimum atomic E-state index is -0.556. The third-order valence-corrected chi connectivity index (χ3v) is 3.63. The Kier molecular flexibility index (Phi) is 5.29. The van der Waals surface area contributed by atoms with Crippen LogP contribution in [0.15, 0.2) is 12.1 Å². The number of phenolic OH excluding ortho intramolecular Hbond substituents is 1. The summed E-state index contributed by atoms with van der Waals surface area (Å²) in [6, 6.07) is 3.70. The lowest BCUT2D eigenvalue weighted by atomic mass is 9.85. The van der Waals surface area contributed by atoms with Gasteiger partial charge in [0, 0.05) is 12.1 Å². The Bertz CT molecular complexity index is 424. The molecule has 0 bridgehead atoms. The molecule has 0 saturated heterocycles. The maximum atomic E-state index is 10.3. The number of phenols is 1. The molecule has 0 amide bonds. The first-order valence-corrected chi connectivity index (χ1v) is 6.33. The molecule has 1 aliphatic rings. The summed E-state index contributed by atoms with van der Waals surface area (Å²) in [5.74, 6) is 0.0906. The zero-order valence-electron chi connectivity index (χ0n) is 10.5. The largest absolute Gasteiger partial charge is 0.506 e. The van der Waals surface area contributed by atoms with E-state index in [0.717, 1.165) is 24.0 Å². The van der Waals surface area contributed by atoms with Gasteiger partial charge >= 0.3 is 0 Å². The molecule has 0 fully saturated rings. The van der Waals surface area contributed by atoms with Gasteiger partial charge in [0.05, 0.1) is 11.1 Å². The Morgan fingerprint density at radius 3 is 2.67 bits per heavy atom. The van der Waals surface area contributed by atoms with Crippen LogP contribution in [0.2, 0.25) is 5.02 Å². The van der Waals surface area contributed by atoms with Crippen molar-refractivity contribution < 1.29 is 10.2 Å². The van der Waals surface area contributed by atoms with Crippen LogP contribution in [0.1, 0.15) is 37.5 Å². The molecule has 0 radical (unpaired) electrons. The molecule has 3 nitrogen and oxygen atoms in total. The monoisotopic (exact) mass is 291 g/mol. The molecule has 0 spiro atoms. The highest BCUT2D eigenvalue weighted by molar-refractivity contribution is 6.32. The smallest absolute Gasteiger partial charge is 0.134 e. The lowest BCUT2D eigenvalue weighted by Crippen LogP contribution is -2.42. The predicted molar refractivity (Wildman–Crippen MR) is 75.7 cm³/mol. The topological polar surface area (TPSA) is 52.5 Å². The first kappa shape index (κ1) is 15.6. The van der Waals surface area contributed by atoms with Gasteiger partial charge in [0.1, 0.15) is 5.75 Å². The molecule has 1 aliphatic carbocycles. The number of halogens is 2. The van der Waals surface area contributed by atoms with Crippen LogP contribution < -0.4 is 5.32 Å². The van der Waals surface area contributed by atoms with Gasteiger partial charge in [-0.2, -0.15) is 0 Å². The van der Waals surface area contributed by atoms with Gasteiger partial charge < -0.3 is 15.5 Å². The van der Waals surface area contributed by atoms with Crippen molar-refractivity contribution in [2.45, 2.75) is 44.9 Å². The average molecular weight is 292 g/mol. The number of nitrogens with one attached hydrogen (secondary N) is 1. The maximum Gasteiger partial charge on any atom is 0.134 e. The summed E-state index contributed by atoms with van der Waals surface area (Å²) >= 11 is 6.05. The van der Waals surface area contributed by atoms with E-state index >= 15 is 0 Å². The number of aromatic hydroxyl groups is 1. The van der Waals surface area contributed by atoms with Gasteiger partial charge in [0.15, 0.2) is 0 Å². The molecule has 0 heterocycles. The molecule has 1 aromatic carbocycles. The highest BCUT2D eigenvalue weighted by Crippen LogP contribution is 2.38. The average Bonchev–Trinajstić information content (AvgIpc) is 2.27. The SMILES string of the molecule is CC(C)NC1CCc2c(ccc(O)c2Cl)C1O.Cl. The van der Waals surface area contributed by atoms with E-state index in [1.807, 2.05) is 0 Å². The van der Waals surface area contributed by atoms with Crippen LogP contribution in [0.5, 0.6) is 5.75 Å². The number of rotatable bonds is 2. The summed E-state index contributed by atoms with van der Waals surface area (Å²) in [6.45, 7) is 4.12. The number of fused-ring (bicyclic) bond motifs is 1. The minimum Gasteiger partial charge on any atom is -0.506 e. The van der Waals surface area contributed by atoms with Crippen molar-refractivity contribution in [3.63, 3.8) is 0 Å². The van der Waals surface area contributed by atoms with Crippen LogP contribution in [0.25, 0.3) is 0 Å². The standard InChI is InChI=1S/C13H18ClNO2.ClH/c1-7(2)15-10-5-3-8-9(13(10)17)4-6-11(16)12(8)14;/h4,6-7,10,13,15-17H,3,5H2,1-2H3;1H. The van der Waals surface area contributed by atoms with E-state index in [1.54, 1.807) is 12.1 Å². The molecular weight excluding hydrogens is 273 g/mol. The molecular formula is C13H19Cl2NO2. The summed E-state index contributed by atoms with van der Waals surface area (Å²) < 4.78 is 0. The molecule has 0 aliphatic heterocycles. The number of aliphatic hydroxyl groups is 1. The fraction of sp³-hybridized carbons (Fsp3) is 0.538. The third-order valence-electron chi connectivity index (χ3n) is 3.21. The Hall–Kier alpha value is -0.480. The van der Waals surface area contributed by atoms with Crippen LogP contribution in [0, 0.1) is 0 Å². The predicted octanol–water partition coefficient (Wildman–Crippen LogP) is 2.81. The van der Waals surface area contributed by atoms with Gasteiger partial charge in [0.25, 0.3) is 0 Å². The van der Waals surface area contributed by atoms with E-state index in [-0.39, 0.29) is 24.2 Å². The molecule has 0 aromatic heterocycles. The fourth-order valence-electron chi connectivity index (χ4n) is 2.43. The van der Waals surface area contributed by atoms with E-state index < -0.39 is 6.10 Å². The zero-order valence-corrected chi connectivity index (χ0v) is 12.1. The van der Waals surface area contributed by atoms with Crippen molar-refractivity contribution in [1.29, 1.82) is 0 Å². The van der Waals surface area contributed by atoms with Gasteiger partial charge in [0.2, 0.25) is 0 Å². The number of aliphatic hydroxyl groups excluding tert-OH is 1. The van der Waals surface area contributed by atoms with Crippen LogP contribution >= 0.6 is 24.0 Å². The van der Waals surface area contributed by atoms with Gasteiger partial charge in [-0.3, -0.25) is 0 Å². The molecule has 0 saturated carbocycles. The molecule has 102 valence electrons. The molecule has 18 heavy (non-hydrogen) atoms. The highest BCUT2D eigenvalue weighted by Gasteiger charge is 2.30. The second kappa shape index (κ2) is 6.11. The lowest BCUT2D eigenvalue weighted by molar-refractivity contribution is 0.110. The summed E-state index contributed by atoms with van der Waals surface area (Å²) in [6.07, 6.45) is 1.05. The second-order valence-electron chi connectivity index (χ2n) is 4.88. The van der Waals surface area contributed by atoms with Crippen LogP contribution in [0.3, 0.4) is 0 Å². The van der Waals surface area contributed by atoms with Crippen LogP contribution in [0.4, 0.5) is 0 Å². The third kappa shape index (κ3) is 2.91. The van der Waals surface area contributed by atoms with E-state index in [4.69, 9.17) is 11.6 Å². The molecule has 2 atom stereocenters. The Morgan fingerprint density at radius 1 is 1.39 bits per heavy atom. The summed E-state index contributed by atoms with van der Waals surface area (Å²) in [5.41, 5.74) is 1.71. The molecule has 2 unspecified atom stereocenters. The van der Waals surface area contributed by atoms with Crippen molar-refractivity contribution >= 4 is 24.0 Å². The van der Waals surface area contributed by atoms with E-state index in [2.05, 4.69) is 19.2 Å². The van der Waals surface area contributed by atoms with Crippen molar-refractivity contribution in [2.24, 2.45) is 0 Å². The van der Waals surface area contributed by atoms with Crippen molar-refractivity contribution in [2.75, 3.05) is 0 Å². The summed E-state index contributed by atoms with van der Waals surface area (Å²) in [4.78, 5) is 0. The Balaban J connectivity index is 0.00000162. The van der Waals surface area contributed by atoms with E-state index in [0.29, 0.717) is 11.1 Å².